The molecule has 8 nitrogen and oxygen atoms in total. The molecule has 0 aliphatic carbocycles. The lowest BCUT2D eigenvalue weighted by Gasteiger charge is -2.13. The minimum absolute atomic E-state index is 0.163. The van der Waals surface area contributed by atoms with E-state index in [0.717, 1.165) is 6.42 Å². The lowest BCUT2D eigenvalue weighted by molar-refractivity contribution is -0.154. The minimum atomic E-state index is -4.59. The fourth-order valence-electron chi connectivity index (χ4n) is 2.22. The van der Waals surface area contributed by atoms with Crippen LogP contribution in [-0.4, -0.2) is 43.3 Å². The van der Waals surface area contributed by atoms with Gasteiger partial charge in [0.1, 0.15) is 5.56 Å². The van der Waals surface area contributed by atoms with Gasteiger partial charge in [0.2, 0.25) is 5.88 Å². The van der Waals surface area contributed by atoms with Crippen molar-refractivity contribution in [1.29, 1.82) is 0 Å². The highest BCUT2D eigenvalue weighted by atomic mass is 19.4. The highest BCUT2D eigenvalue weighted by molar-refractivity contribution is 6.00. The van der Waals surface area contributed by atoms with Gasteiger partial charge in [-0.15, -0.1) is 0 Å². The SMILES string of the molecule is CCCOc1ccc(C(=O)NNC(=O)c2cccnc2OCC(F)(F)F)cc1OC. The van der Waals surface area contributed by atoms with Crippen LogP contribution in [0.2, 0.25) is 0 Å². The van der Waals surface area contributed by atoms with Crippen molar-refractivity contribution in [2.45, 2.75) is 19.5 Å². The molecule has 2 aromatic rings. The number of nitrogens with one attached hydrogen (secondary N) is 2. The lowest BCUT2D eigenvalue weighted by atomic mass is 10.2. The number of pyridine rings is 1. The largest absolute Gasteiger partial charge is 0.493 e. The summed E-state index contributed by atoms with van der Waals surface area (Å²) < 4.78 is 52.3. The van der Waals surface area contributed by atoms with Crippen LogP contribution in [0.4, 0.5) is 13.2 Å². The van der Waals surface area contributed by atoms with Crippen LogP contribution in [0.3, 0.4) is 0 Å². The van der Waals surface area contributed by atoms with Crippen LogP contribution >= 0.6 is 0 Å². The van der Waals surface area contributed by atoms with Gasteiger partial charge in [0, 0.05) is 11.8 Å². The van der Waals surface area contributed by atoms with Gasteiger partial charge < -0.3 is 14.2 Å². The van der Waals surface area contributed by atoms with Crippen molar-refractivity contribution in [3.8, 4) is 17.4 Å². The molecule has 0 spiro atoms. The van der Waals surface area contributed by atoms with E-state index >= 15 is 0 Å². The van der Waals surface area contributed by atoms with Crippen molar-refractivity contribution in [3.63, 3.8) is 0 Å². The van der Waals surface area contributed by atoms with E-state index in [9.17, 15) is 22.8 Å². The first-order valence-corrected chi connectivity index (χ1v) is 8.81. The lowest BCUT2D eigenvalue weighted by Crippen LogP contribution is -2.41. The number of nitrogens with zero attached hydrogens (tertiary/aromatic N) is 1. The van der Waals surface area contributed by atoms with E-state index in [4.69, 9.17) is 9.47 Å². The summed E-state index contributed by atoms with van der Waals surface area (Å²) in [5, 5.41) is 0. The van der Waals surface area contributed by atoms with Crippen LogP contribution in [0, 0.1) is 0 Å². The van der Waals surface area contributed by atoms with Gasteiger partial charge in [0.15, 0.2) is 18.1 Å². The topological polar surface area (TPSA) is 98.8 Å². The van der Waals surface area contributed by atoms with Crippen LogP contribution < -0.4 is 25.1 Å². The Morgan fingerprint density at radius 3 is 2.47 bits per heavy atom. The number of alkyl halides is 3. The van der Waals surface area contributed by atoms with Gasteiger partial charge in [0.05, 0.1) is 13.7 Å². The molecule has 0 saturated heterocycles. The number of hydrogen-bond acceptors (Lipinski definition) is 6. The zero-order valence-electron chi connectivity index (χ0n) is 16.2. The van der Waals surface area contributed by atoms with Gasteiger partial charge in [0.25, 0.3) is 11.8 Å². The molecule has 2 amide bonds. The number of rotatable bonds is 8. The summed E-state index contributed by atoms with van der Waals surface area (Å²) in [4.78, 5) is 28.2. The molecule has 11 heteroatoms. The Balaban J connectivity index is 2.04. The summed E-state index contributed by atoms with van der Waals surface area (Å²) in [6.45, 7) is 0.809. The number of methoxy groups -OCH3 is 1. The van der Waals surface area contributed by atoms with E-state index in [-0.39, 0.29) is 11.1 Å². The average molecular weight is 427 g/mol. The predicted octanol–water partition coefficient (Wildman–Crippen LogP) is 2.89. The smallest absolute Gasteiger partial charge is 0.422 e. The third-order valence-corrected chi connectivity index (χ3v) is 3.57. The Hall–Kier alpha value is -3.50. The zero-order valence-corrected chi connectivity index (χ0v) is 16.2. The highest BCUT2D eigenvalue weighted by Gasteiger charge is 2.29. The number of amides is 2. The Morgan fingerprint density at radius 1 is 1.07 bits per heavy atom. The van der Waals surface area contributed by atoms with Gasteiger partial charge in [-0.05, 0) is 36.8 Å². The number of hydrazine groups is 1. The van der Waals surface area contributed by atoms with Crippen molar-refractivity contribution in [2.24, 2.45) is 0 Å². The fourth-order valence-corrected chi connectivity index (χ4v) is 2.22. The van der Waals surface area contributed by atoms with Crippen molar-refractivity contribution >= 4 is 11.8 Å². The normalized spacial score (nSPS) is 10.8. The van der Waals surface area contributed by atoms with Gasteiger partial charge in [-0.25, -0.2) is 4.98 Å². The monoisotopic (exact) mass is 427 g/mol. The molecule has 0 atom stereocenters. The molecule has 1 heterocycles. The van der Waals surface area contributed by atoms with Crippen molar-refractivity contribution < 1.29 is 37.0 Å². The van der Waals surface area contributed by atoms with Gasteiger partial charge in [-0.1, -0.05) is 6.92 Å². The number of benzene rings is 1. The maximum atomic E-state index is 12.3. The van der Waals surface area contributed by atoms with E-state index in [1.54, 1.807) is 6.07 Å². The molecule has 2 N–H and O–H groups in total. The van der Waals surface area contributed by atoms with Crippen LogP contribution in [0.25, 0.3) is 0 Å². The Bertz CT molecular complexity index is 890. The maximum Gasteiger partial charge on any atom is 0.422 e. The second-order valence-corrected chi connectivity index (χ2v) is 5.88. The zero-order chi connectivity index (χ0) is 22.1. The Kier molecular flexibility index (Phi) is 7.84. The van der Waals surface area contributed by atoms with Crippen molar-refractivity contribution in [2.75, 3.05) is 20.3 Å². The molecule has 2 rings (SSSR count). The van der Waals surface area contributed by atoms with Crippen molar-refractivity contribution in [1.82, 2.24) is 15.8 Å². The number of ether oxygens (including phenoxy) is 3. The van der Waals surface area contributed by atoms with E-state index in [1.165, 1.54) is 37.6 Å². The number of carbonyl (C=O) groups excluding carboxylic acids is 2. The summed E-state index contributed by atoms with van der Waals surface area (Å²) in [5.74, 6) is -1.30. The van der Waals surface area contributed by atoms with Gasteiger partial charge in [-0.2, -0.15) is 13.2 Å². The third-order valence-electron chi connectivity index (χ3n) is 3.57. The highest BCUT2D eigenvalue weighted by Crippen LogP contribution is 2.28. The minimum Gasteiger partial charge on any atom is -0.493 e. The molecule has 30 heavy (non-hydrogen) atoms. The molecule has 162 valence electrons. The summed E-state index contributed by atoms with van der Waals surface area (Å²) in [7, 11) is 1.42. The quantitative estimate of drug-likeness (QED) is 0.629. The Morgan fingerprint density at radius 2 is 1.80 bits per heavy atom. The molecular weight excluding hydrogens is 407 g/mol. The molecule has 0 fully saturated rings. The fraction of sp³-hybridized carbons (Fsp3) is 0.316. The molecule has 0 saturated carbocycles. The summed E-state index contributed by atoms with van der Waals surface area (Å²) in [5.41, 5.74) is 4.17. The van der Waals surface area contributed by atoms with Crippen LogP contribution in [0.15, 0.2) is 36.5 Å². The molecule has 1 aromatic heterocycles. The van der Waals surface area contributed by atoms with E-state index < -0.39 is 30.5 Å². The first kappa shape index (κ1) is 22.8. The standard InChI is InChI=1S/C19H20F3N3O5/c1-3-9-29-14-7-6-12(10-15(14)28-2)16(26)24-25-17(27)13-5-4-8-23-18(13)30-11-19(20,21)22/h4-8,10H,3,9,11H2,1-2H3,(H,24,26)(H,25,27). The second-order valence-electron chi connectivity index (χ2n) is 5.88. The molecule has 1 aromatic carbocycles. The predicted molar refractivity (Wildman–Crippen MR) is 99.5 cm³/mol. The maximum absolute atomic E-state index is 12.3. The number of hydrogen-bond donors (Lipinski definition) is 2. The van der Waals surface area contributed by atoms with Crippen LogP contribution in [0.1, 0.15) is 34.1 Å². The molecule has 0 aliphatic heterocycles. The van der Waals surface area contributed by atoms with Crippen LogP contribution in [0.5, 0.6) is 17.4 Å². The van der Waals surface area contributed by atoms with E-state index in [1.807, 2.05) is 6.92 Å². The molecule has 0 unspecified atom stereocenters. The summed E-state index contributed by atoms with van der Waals surface area (Å²) in [6, 6.07) is 7.00. The van der Waals surface area contributed by atoms with Crippen molar-refractivity contribution in [3.05, 3.63) is 47.7 Å². The molecular formula is C19H20F3N3O5. The number of carbonyl (C=O) groups is 2. The summed E-state index contributed by atoms with van der Waals surface area (Å²) >= 11 is 0. The van der Waals surface area contributed by atoms with E-state index in [2.05, 4.69) is 20.6 Å². The number of halogens is 3. The van der Waals surface area contributed by atoms with E-state index in [0.29, 0.717) is 18.1 Å². The molecule has 0 aliphatic rings. The molecule has 0 bridgehead atoms. The summed E-state index contributed by atoms with van der Waals surface area (Å²) in [6.07, 6.45) is -2.62. The van der Waals surface area contributed by atoms with Crippen LogP contribution in [-0.2, 0) is 0 Å². The second kappa shape index (κ2) is 10.3. The van der Waals surface area contributed by atoms with Gasteiger partial charge in [-0.3, -0.25) is 20.4 Å². The third kappa shape index (κ3) is 6.54. The first-order chi connectivity index (χ1) is 14.2. The molecule has 0 radical (unpaired) electrons. The van der Waals surface area contributed by atoms with Gasteiger partial charge >= 0.3 is 6.18 Å². The average Bonchev–Trinajstić information content (AvgIpc) is 2.73. The number of aromatic nitrogens is 1. The Labute approximate surface area is 170 Å². The first-order valence-electron chi connectivity index (χ1n) is 8.81.